The van der Waals surface area contributed by atoms with E-state index in [0.29, 0.717) is 23.7 Å². The number of aliphatic hydroxyl groups is 1. The minimum absolute atomic E-state index is 0.142. The van der Waals surface area contributed by atoms with Gasteiger partial charge in [0, 0.05) is 29.2 Å². The van der Waals surface area contributed by atoms with Gasteiger partial charge in [-0.15, -0.1) is 0 Å². The zero-order valence-electron chi connectivity index (χ0n) is 16.1. The van der Waals surface area contributed by atoms with Gasteiger partial charge in [-0.1, -0.05) is 48.0 Å². The van der Waals surface area contributed by atoms with Gasteiger partial charge in [0.1, 0.15) is 17.2 Å². The van der Waals surface area contributed by atoms with Crippen LogP contribution in [0.2, 0.25) is 5.02 Å². The van der Waals surface area contributed by atoms with Gasteiger partial charge in [-0.3, -0.25) is 0 Å². The highest BCUT2D eigenvalue weighted by molar-refractivity contribution is 6.31. The molecule has 2 aromatic carbocycles. The number of hydrogen-bond acceptors (Lipinski definition) is 5. The number of aromatic nitrogens is 3. The highest BCUT2D eigenvalue weighted by Crippen LogP contribution is 2.23. The van der Waals surface area contributed by atoms with Crippen LogP contribution in [0.25, 0.3) is 11.3 Å². The van der Waals surface area contributed by atoms with Crippen LogP contribution in [-0.2, 0) is 13.1 Å². The predicted molar refractivity (Wildman–Crippen MR) is 112 cm³/mol. The molecular weight excluding hydrogens is 393 g/mol. The Balaban J connectivity index is 1.72. The fourth-order valence-electron chi connectivity index (χ4n) is 2.97. The molecule has 0 aliphatic heterocycles. The molecule has 0 fully saturated rings. The summed E-state index contributed by atoms with van der Waals surface area (Å²) in [6, 6.07) is 14.4. The summed E-state index contributed by atoms with van der Waals surface area (Å²) < 4.78 is 14.2. The van der Waals surface area contributed by atoms with Crippen molar-refractivity contribution in [2.24, 2.45) is 0 Å². The molecule has 0 saturated heterocycles. The van der Waals surface area contributed by atoms with Crippen molar-refractivity contribution in [1.29, 1.82) is 0 Å². The molecule has 1 aromatic heterocycles. The van der Waals surface area contributed by atoms with Crippen LogP contribution in [0.5, 0.6) is 0 Å². The lowest BCUT2D eigenvalue weighted by atomic mass is 10.1. The summed E-state index contributed by atoms with van der Waals surface area (Å²) in [4.78, 5) is 1.49. The topological polar surface area (TPSA) is 75.0 Å². The molecule has 0 aliphatic rings. The molecule has 0 amide bonds. The van der Waals surface area contributed by atoms with E-state index in [1.165, 1.54) is 10.9 Å². The van der Waals surface area contributed by atoms with E-state index in [4.69, 9.17) is 16.7 Å². The largest absolute Gasteiger partial charge is 0.395 e. The maximum absolute atomic E-state index is 14.2. The average molecular weight is 418 g/mol. The van der Waals surface area contributed by atoms with Crippen LogP contribution in [0.15, 0.2) is 48.5 Å². The van der Waals surface area contributed by atoms with E-state index in [9.17, 15) is 4.39 Å². The second kappa shape index (κ2) is 11.0. The van der Waals surface area contributed by atoms with Crippen molar-refractivity contribution in [3.05, 3.63) is 70.6 Å². The van der Waals surface area contributed by atoms with Crippen LogP contribution in [-0.4, -0.2) is 46.3 Å². The first-order chi connectivity index (χ1) is 14.2. The van der Waals surface area contributed by atoms with Crippen molar-refractivity contribution in [3.63, 3.8) is 0 Å². The van der Waals surface area contributed by atoms with E-state index < -0.39 is 0 Å². The fourth-order valence-corrected chi connectivity index (χ4v) is 3.19. The number of benzene rings is 2. The summed E-state index contributed by atoms with van der Waals surface area (Å²) in [5.74, 6) is -0.369. The lowest BCUT2D eigenvalue weighted by molar-refractivity contribution is 0.292. The highest BCUT2D eigenvalue weighted by Gasteiger charge is 2.15. The van der Waals surface area contributed by atoms with Gasteiger partial charge >= 0.3 is 0 Å². The van der Waals surface area contributed by atoms with Crippen LogP contribution in [0.1, 0.15) is 17.7 Å². The number of nitrogens with zero attached hydrogens (tertiary/aromatic N) is 3. The monoisotopic (exact) mass is 417 g/mol. The third-order valence-corrected chi connectivity index (χ3v) is 4.78. The van der Waals surface area contributed by atoms with Gasteiger partial charge in [-0.25, -0.2) is 4.39 Å². The third kappa shape index (κ3) is 6.08. The van der Waals surface area contributed by atoms with Crippen LogP contribution in [0.4, 0.5) is 4.39 Å². The molecule has 8 heteroatoms. The second-order valence-corrected chi connectivity index (χ2v) is 7.00. The predicted octanol–water partition coefficient (Wildman–Crippen LogP) is 2.85. The molecule has 3 aromatic rings. The Labute approximate surface area is 174 Å². The van der Waals surface area contributed by atoms with E-state index in [1.807, 2.05) is 30.3 Å². The van der Waals surface area contributed by atoms with Gasteiger partial charge in [0.05, 0.1) is 13.2 Å². The second-order valence-electron chi connectivity index (χ2n) is 6.60. The number of nitrogens with one attached hydrogen (secondary N) is 2. The number of rotatable bonds is 11. The maximum atomic E-state index is 14.2. The van der Waals surface area contributed by atoms with Crippen LogP contribution in [0, 0.1) is 5.82 Å². The van der Waals surface area contributed by atoms with Crippen molar-refractivity contribution in [2.45, 2.75) is 19.5 Å². The van der Waals surface area contributed by atoms with E-state index >= 15 is 0 Å². The van der Waals surface area contributed by atoms with Gasteiger partial charge in [0.2, 0.25) is 0 Å². The summed E-state index contributed by atoms with van der Waals surface area (Å²) in [6.07, 6.45) is 0.930. The molecule has 154 valence electrons. The lowest BCUT2D eigenvalue weighted by Crippen LogP contribution is -2.24. The molecule has 0 unspecified atom stereocenters. The number of hydrogen-bond donors (Lipinski definition) is 3. The summed E-state index contributed by atoms with van der Waals surface area (Å²) >= 11 is 6.15. The minimum atomic E-state index is -0.369. The van der Waals surface area contributed by atoms with Crippen LogP contribution < -0.4 is 10.6 Å². The van der Waals surface area contributed by atoms with Crippen LogP contribution in [0.3, 0.4) is 0 Å². The average Bonchev–Trinajstić information content (AvgIpc) is 3.13. The van der Waals surface area contributed by atoms with Gasteiger partial charge < -0.3 is 15.7 Å². The van der Waals surface area contributed by atoms with Crippen molar-refractivity contribution >= 4 is 11.6 Å². The van der Waals surface area contributed by atoms with Crippen molar-refractivity contribution in [3.8, 4) is 11.3 Å². The Morgan fingerprint density at radius 3 is 2.52 bits per heavy atom. The highest BCUT2D eigenvalue weighted by atomic mass is 35.5. The normalized spacial score (nSPS) is 11.1. The summed E-state index contributed by atoms with van der Waals surface area (Å²) in [5, 5.41) is 24.8. The summed E-state index contributed by atoms with van der Waals surface area (Å²) in [5.41, 5.74) is 2.90. The first-order valence-electron chi connectivity index (χ1n) is 9.63. The molecule has 0 atom stereocenters. The molecule has 0 bridgehead atoms. The lowest BCUT2D eigenvalue weighted by Gasteiger charge is -2.05. The standard InChI is InChI=1S/C21H25ClFN5O/c22-18-8-4-9-19(23)17(18)15-28-26-20(14-25-11-5-10-24-12-13-29)21(27-28)16-6-2-1-3-7-16/h1-4,6-9,24-25,29H,5,10-15H2. The Kier molecular flexibility index (Phi) is 8.13. The quantitative estimate of drug-likeness (QED) is 0.418. The zero-order valence-corrected chi connectivity index (χ0v) is 16.9. The molecule has 29 heavy (non-hydrogen) atoms. The molecular formula is C21H25ClFN5O. The van der Waals surface area contributed by atoms with Gasteiger partial charge in [-0.2, -0.15) is 15.0 Å². The zero-order chi connectivity index (χ0) is 20.5. The van der Waals surface area contributed by atoms with E-state index in [1.54, 1.807) is 12.1 Å². The van der Waals surface area contributed by atoms with Crippen molar-refractivity contribution in [2.75, 3.05) is 26.2 Å². The van der Waals surface area contributed by atoms with Gasteiger partial charge in [0.25, 0.3) is 0 Å². The third-order valence-electron chi connectivity index (χ3n) is 4.42. The molecule has 0 saturated carbocycles. The molecule has 0 spiro atoms. The number of halogens is 2. The molecule has 0 aliphatic carbocycles. The van der Waals surface area contributed by atoms with Gasteiger partial charge in [0.15, 0.2) is 0 Å². The van der Waals surface area contributed by atoms with Crippen molar-refractivity contribution in [1.82, 2.24) is 25.6 Å². The smallest absolute Gasteiger partial charge is 0.129 e. The summed E-state index contributed by atoms with van der Waals surface area (Å²) in [6.45, 7) is 3.09. The SMILES string of the molecule is OCCNCCCNCc1nn(Cc2c(F)cccc2Cl)nc1-c1ccccc1. The molecule has 0 radical (unpaired) electrons. The summed E-state index contributed by atoms with van der Waals surface area (Å²) in [7, 11) is 0. The van der Waals surface area contributed by atoms with E-state index in [2.05, 4.69) is 20.8 Å². The molecule has 3 rings (SSSR count). The first kappa shape index (κ1) is 21.4. The fraction of sp³-hybridized carbons (Fsp3) is 0.333. The minimum Gasteiger partial charge on any atom is -0.395 e. The maximum Gasteiger partial charge on any atom is 0.129 e. The molecule has 1 heterocycles. The van der Waals surface area contributed by atoms with E-state index in [0.717, 1.165) is 36.5 Å². The Bertz CT molecular complexity index is 883. The number of aliphatic hydroxyl groups excluding tert-OH is 1. The molecule has 3 N–H and O–H groups in total. The van der Waals surface area contributed by atoms with E-state index in [-0.39, 0.29) is 19.0 Å². The van der Waals surface area contributed by atoms with Gasteiger partial charge in [-0.05, 0) is 31.6 Å². The molecule has 6 nitrogen and oxygen atoms in total. The Morgan fingerprint density at radius 1 is 0.966 bits per heavy atom. The van der Waals surface area contributed by atoms with Crippen molar-refractivity contribution < 1.29 is 9.50 Å². The Morgan fingerprint density at radius 2 is 1.76 bits per heavy atom. The Hall–Kier alpha value is -2.32. The van der Waals surface area contributed by atoms with Crippen LogP contribution >= 0.6 is 11.6 Å². The first-order valence-corrected chi connectivity index (χ1v) is 10.0.